The average Bonchev–Trinajstić information content (AvgIpc) is 2.89. The van der Waals surface area contributed by atoms with Gasteiger partial charge in [0.25, 0.3) is 0 Å². The van der Waals surface area contributed by atoms with E-state index < -0.39 is 10.9 Å². The van der Waals surface area contributed by atoms with Gasteiger partial charge in [-0.15, -0.1) is 0 Å². The van der Waals surface area contributed by atoms with Crippen molar-refractivity contribution in [3.8, 4) is 5.75 Å². The lowest BCUT2D eigenvalue weighted by atomic mass is 10.2. The first-order valence-electron chi connectivity index (χ1n) is 5.12. The number of nitrogens with zero attached hydrogens (tertiary/aromatic N) is 3. The molecule has 2 rings (SSSR count). The van der Waals surface area contributed by atoms with Crippen molar-refractivity contribution in [2.24, 2.45) is 0 Å². The molecule has 0 saturated heterocycles. The van der Waals surface area contributed by atoms with Gasteiger partial charge in [0.05, 0.1) is 17.6 Å². The maximum atomic E-state index is 10.5. The topological polar surface area (TPSA) is 157 Å². The molecule has 0 aliphatic rings. The molecule has 106 valence electrons. The summed E-state index contributed by atoms with van der Waals surface area (Å²) in [6.07, 6.45) is 1.36. The Morgan fingerprint density at radius 1 is 1.55 bits per heavy atom. The minimum Gasteiger partial charge on any atom is -0.490 e. The molecular weight excluding hydrogens is 270 g/mol. The molecule has 10 nitrogen and oxygen atoms in total. The molecule has 4 N–H and O–H groups in total. The van der Waals surface area contributed by atoms with Crippen LogP contribution in [0.5, 0.6) is 5.75 Å². The van der Waals surface area contributed by atoms with Crippen LogP contribution in [0.4, 0.5) is 11.6 Å². The molecule has 0 atom stereocenters. The van der Waals surface area contributed by atoms with Crippen LogP contribution in [0.1, 0.15) is 10.4 Å². The number of methoxy groups -OCH3 is 1. The number of carboxylic acid groups (broad SMARTS) is 1. The fourth-order valence-electron chi connectivity index (χ4n) is 1.18. The Morgan fingerprint density at radius 2 is 2.25 bits per heavy atom. The van der Waals surface area contributed by atoms with Gasteiger partial charge in [0.15, 0.2) is 5.75 Å². The van der Waals surface area contributed by atoms with Crippen molar-refractivity contribution in [1.29, 1.82) is 0 Å². The highest BCUT2D eigenvalue weighted by molar-refractivity contribution is 5.88. The fraction of sp³-hybridized carbons (Fsp3) is 0.100. The molecule has 0 amide bonds. The van der Waals surface area contributed by atoms with Crippen molar-refractivity contribution in [1.82, 2.24) is 15.2 Å². The van der Waals surface area contributed by atoms with Gasteiger partial charge >= 0.3 is 11.7 Å². The van der Waals surface area contributed by atoms with E-state index in [1.807, 2.05) is 0 Å². The highest BCUT2D eigenvalue weighted by atomic mass is 16.6. The number of anilines is 1. The lowest BCUT2D eigenvalue weighted by Gasteiger charge is -2.01. The Balaban J connectivity index is 0.000000276. The second-order valence-electron chi connectivity index (χ2n) is 3.32. The van der Waals surface area contributed by atoms with Crippen molar-refractivity contribution >= 4 is 17.6 Å². The third-order valence-corrected chi connectivity index (χ3v) is 2.06. The third-order valence-electron chi connectivity index (χ3n) is 2.06. The van der Waals surface area contributed by atoms with Gasteiger partial charge in [-0.25, -0.2) is 14.9 Å². The number of nitro groups is 1. The molecule has 0 bridgehead atoms. The number of aromatic carboxylic acids is 1. The lowest BCUT2D eigenvalue weighted by molar-refractivity contribution is -0.385. The summed E-state index contributed by atoms with van der Waals surface area (Å²) in [5.74, 6) is -0.814. The molecule has 2 aromatic rings. The van der Waals surface area contributed by atoms with Gasteiger partial charge in [-0.3, -0.25) is 10.1 Å². The number of ether oxygens (including phenoxy) is 1. The number of H-pyrrole nitrogens is 1. The van der Waals surface area contributed by atoms with Crippen LogP contribution in [0.2, 0.25) is 0 Å². The van der Waals surface area contributed by atoms with Gasteiger partial charge in [0, 0.05) is 6.07 Å². The van der Waals surface area contributed by atoms with E-state index in [1.165, 1.54) is 25.6 Å². The first kappa shape index (κ1) is 14.9. The molecular formula is C10H11N5O5. The minimum absolute atomic E-state index is 0.0417. The molecule has 0 radical (unpaired) electrons. The van der Waals surface area contributed by atoms with Crippen LogP contribution in [-0.2, 0) is 0 Å². The number of carboxylic acids is 1. The molecule has 20 heavy (non-hydrogen) atoms. The largest absolute Gasteiger partial charge is 0.490 e. The van der Waals surface area contributed by atoms with E-state index in [0.29, 0.717) is 5.95 Å². The molecule has 0 aliphatic carbocycles. The Labute approximate surface area is 112 Å². The van der Waals surface area contributed by atoms with Crippen LogP contribution < -0.4 is 10.5 Å². The number of carbonyl (C=O) groups is 1. The summed E-state index contributed by atoms with van der Waals surface area (Å²) in [7, 11) is 1.28. The summed E-state index contributed by atoms with van der Waals surface area (Å²) >= 11 is 0. The predicted octanol–water partition coefficient (Wildman–Crippen LogP) is 0.688. The van der Waals surface area contributed by atoms with Crippen molar-refractivity contribution in [3.05, 3.63) is 40.2 Å². The SMILES string of the molecule is COc1ccc(C(=O)O)cc1[N+](=O)[O-].Nc1ncn[nH]1. The number of benzene rings is 1. The maximum absolute atomic E-state index is 10.5. The number of hydrogen-bond donors (Lipinski definition) is 3. The number of rotatable bonds is 3. The number of nitro benzene ring substituents is 1. The second-order valence-corrected chi connectivity index (χ2v) is 3.32. The van der Waals surface area contributed by atoms with E-state index in [0.717, 1.165) is 6.07 Å². The monoisotopic (exact) mass is 281 g/mol. The normalized spacial score (nSPS) is 9.25. The number of nitrogen functional groups attached to an aromatic ring is 1. The number of aromatic nitrogens is 3. The zero-order valence-electron chi connectivity index (χ0n) is 10.3. The second kappa shape index (κ2) is 6.68. The first-order chi connectivity index (χ1) is 9.45. The summed E-state index contributed by atoms with van der Waals surface area (Å²) in [6.45, 7) is 0. The summed E-state index contributed by atoms with van der Waals surface area (Å²) in [5, 5.41) is 25.0. The summed E-state index contributed by atoms with van der Waals surface area (Å²) in [4.78, 5) is 23.8. The van der Waals surface area contributed by atoms with E-state index in [1.54, 1.807) is 0 Å². The first-order valence-corrected chi connectivity index (χ1v) is 5.12. The van der Waals surface area contributed by atoms with Crippen molar-refractivity contribution < 1.29 is 19.6 Å². The average molecular weight is 281 g/mol. The van der Waals surface area contributed by atoms with Crippen LogP contribution in [0, 0.1) is 10.1 Å². The fourth-order valence-corrected chi connectivity index (χ4v) is 1.18. The van der Waals surface area contributed by atoms with Crippen LogP contribution in [0.25, 0.3) is 0 Å². The molecule has 1 aromatic carbocycles. The van der Waals surface area contributed by atoms with Gasteiger partial charge in [0.1, 0.15) is 6.33 Å². The summed E-state index contributed by atoms with van der Waals surface area (Å²) in [5.41, 5.74) is 4.55. The van der Waals surface area contributed by atoms with Crippen molar-refractivity contribution in [3.63, 3.8) is 0 Å². The third kappa shape index (κ3) is 3.94. The van der Waals surface area contributed by atoms with Gasteiger partial charge in [-0.2, -0.15) is 5.10 Å². The van der Waals surface area contributed by atoms with E-state index in [-0.39, 0.29) is 17.0 Å². The van der Waals surface area contributed by atoms with Gasteiger partial charge < -0.3 is 15.6 Å². The molecule has 0 fully saturated rings. The Kier molecular flexibility index (Phi) is 4.97. The molecule has 1 heterocycles. The smallest absolute Gasteiger partial charge is 0.335 e. The number of nitrogens with one attached hydrogen (secondary N) is 1. The quantitative estimate of drug-likeness (QED) is 0.547. The number of aromatic amines is 1. The minimum atomic E-state index is -1.21. The van der Waals surface area contributed by atoms with Crippen LogP contribution in [-0.4, -0.2) is 38.3 Å². The predicted molar refractivity (Wildman–Crippen MR) is 67.4 cm³/mol. The van der Waals surface area contributed by atoms with E-state index in [2.05, 4.69) is 15.2 Å². The summed E-state index contributed by atoms with van der Waals surface area (Å²) < 4.78 is 4.71. The maximum Gasteiger partial charge on any atom is 0.335 e. The Hall–Kier alpha value is -3.17. The molecule has 0 aliphatic heterocycles. The van der Waals surface area contributed by atoms with Crippen LogP contribution in [0.15, 0.2) is 24.5 Å². The van der Waals surface area contributed by atoms with E-state index in [4.69, 9.17) is 15.6 Å². The molecule has 0 saturated carbocycles. The zero-order valence-corrected chi connectivity index (χ0v) is 10.3. The van der Waals surface area contributed by atoms with Crippen molar-refractivity contribution in [2.45, 2.75) is 0 Å². The molecule has 10 heteroatoms. The standard InChI is InChI=1S/C8H7NO5.C2H4N4/c1-14-7-3-2-5(8(10)11)4-6(7)9(12)13;3-2-4-1-5-6-2/h2-4H,1H3,(H,10,11);1H,(H3,3,4,5,6). The van der Waals surface area contributed by atoms with E-state index >= 15 is 0 Å². The highest BCUT2D eigenvalue weighted by Crippen LogP contribution is 2.27. The molecule has 1 aromatic heterocycles. The Bertz CT molecular complexity index is 598. The highest BCUT2D eigenvalue weighted by Gasteiger charge is 2.17. The van der Waals surface area contributed by atoms with Crippen LogP contribution >= 0.6 is 0 Å². The number of nitrogens with two attached hydrogens (primary N) is 1. The van der Waals surface area contributed by atoms with Gasteiger partial charge in [0.2, 0.25) is 5.95 Å². The van der Waals surface area contributed by atoms with E-state index in [9.17, 15) is 14.9 Å². The molecule has 0 spiro atoms. The van der Waals surface area contributed by atoms with Gasteiger partial charge in [-0.05, 0) is 12.1 Å². The molecule has 0 unspecified atom stereocenters. The Morgan fingerprint density at radius 3 is 2.60 bits per heavy atom. The van der Waals surface area contributed by atoms with Crippen LogP contribution in [0.3, 0.4) is 0 Å². The lowest BCUT2D eigenvalue weighted by Crippen LogP contribution is -1.99. The zero-order chi connectivity index (χ0) is 15.1. The summed E-state index contributed by atoms with van der Waals surface area (Å²) in [6, 6.07) is 3.46. The van der Waals surface area contributed by atoms with Gasteiger partial charge in [-0.1, -0.05) is 0 Å². The number of hydrogen-bond acceptors (Lipinski definition) is 7. The van der Waals surface area contributed by atoms with Crippen molar-refractivity contribution in [2.75, 3.05) is 12.8 Å².